The van der Waals surface area contributed by atoms with E-state index in [0.29, 0.717) is 17.3 Å². The van der Waals surface area contributed by atoms with Crippen molar-refractivity contribution >= 4 is 27.7 Å². The van der Waals surface area contributed by atoms with Crippen LogP contribution in [0.15, 0.2) is 18.2 Å². The Balaban J connectivity index is 3.10. The summed E-state index contributed by atoms with van der Waals surface area (Å²) in [6, 6.07) is 5.25. The molecule has 0 N–H and O–H groups in total. The Morgan fingerprint density at radius 3 is 2.50 bits per heavy atom. The summed E-state index contributed by atoms with van der Waals surface area (Å²) in [6.45, 7) is 1.53. The summed E-state index contributed by atoms with van der Waals surface area (Å²) in [4.78, 5) is 22.4. The molecule has 4 heteroatoms. The summed E-state index contributed by atoms with van der Waals surface area (Å²) in [7, 11) is 1.34. The molecule has 1 rings (SSSR count). The van der Waals surface area contributed by atoms with Gasteiger partial charge < -0.3 is 4.74 Å². The molecule has 0 heterocycles. The molecule has 0 saturated heterocycles. The lowest BCUT2D eigenvalue weighted by atomic mass is 10.0. The van der Waals surface area contributed by atoms with E-state index in [1.165, 1.54) is 14.0 Å². The molecule has 86 valence electrons. The molecule has 16 heavy (non-hydrogen) atoms. The van der Waals surface area contributed by atoms with Crippen molar-refractivity contribution in [3.8, 4) is 0 Å². The van der Waals surface area contributed by atoms with Crippen LogP contribution in [0.4, 0.5) is 0 Å². The Labute approximate surface area is 103 Å². The van der Waals surface area contributed by atoms with Crippen LogP contribution in [0.2, 0.25) is 0 Å². The predicted octanol–water partition coefficient (Wildman–Crippen LogP) is 2.50. The van der Waals surface area contributed by atoms with Crippen molar-refractivity contribution < 1.29 is 14.3 Å². The SMILES string of the molecule is COC(=O)c1ccc(CBr)c(CC(C)=O)c1. The first kappa shape index (κ1) is 12.9. The monoisotopic (exact) mass is 284 g/mol. The largest absolute Gasteiger partial charge is 0.465 e. The zero-order chi connectivity index (χ0) is 12.1. The van der Waals surface area contributed by atoms with E-state index in [1.54, 1.807) is 12.1 Å². The van der Waals surface area contributed by atoms with Gasteiger partial charge in [0.05, 0.1) is 12.7 Å². The molecule has 1 aromatic rings. The maximum atomic E-state index is 11.3. The second-order valence-corrected chi connectivity index (χ2v) is 4.05. The summed E-state index contributed by atoms with van der Waals surface area (Å²) in [5, 5.41) is 0.664. The van der Waals surface area contributed by atoms with Gasteiger partial charge >= 0.3 is 5.97 Å². The molecule has 0 unspecified atom stereocenters. The van der Waals surface area contributed by atoms with Crippen LogP contribution in [0.1, 0.15) is 28.4 Å². The van der Waals surface area contributed by atoms with Crippen molar-refractivity contribution in [3.63, 3.8) is 0 Å². The first-order valence-corrected chi connectivity index (χ1v) is 5.96. The van der Waals surface area contributed by atoms with E-state index >= 15 is 0 Å². The number of halogens is 1. The van der Waals surface area contributed by atoms with Gasteiger partial charge in [0.15, 0.2) is 0 Å². The topological polar surface area (TPSA) is 43.4 Å². The van der Waals surface area contributed by atoms with Crippen molar-refractivity contribution in [1.82, 2.24) is 0 Å². The van der Waals surface area contributed by atoms with E-state index in [9.17, 15) is 9.59 Å². The summed E-state index contributed by atoms with van der Waals surface area (Å²) in [5.41, 5.74) is 2.36. The number of methoxy groups -OCH3 is 1. The van der Waals surface area contributed by atoms with Gasteiger partial charge in [-0.3, -0.25) is 4.79 Å². The number of rotatable bonds is 4. The van der Waals surface area contributed by atoms with Gasteiger partial charge in [-0.1, -0.05) is 22.0 Å². The Morgan fingerprint density at radius 1 is 1.31 bits per heavy atom. The molecular formula is C12H13BrO3. The Kier molecular flexibility index (Phi) is 4.68. The van der Waals surface area contributed by atoms with Crippen LogP contribution in [-0.4, -0.2) is 18.9 Å². The zero-order valence-corrected chi connectivity index (χ0v) is 10.8. The summed E-state index contributed by atoms with van der Waals surface area (Å²) >= 11 is 3.35. The summed E-state index contributed by atoms with van der Waals surface area (Å²) in [6.07, 6.45) is 0.339. The zero-order valence-electron chi connectivity index (χ0n) is 9.25. The highest BCUT2D eigenvalue weighted by Gasteiger charge is 2.10. The summed E-state index contributed by atoms with van der Waals surface area (Å²) < 4.78 is 4.63. The van der Waals surface area contributed by atoms with Gasteiger partial charge in [0.25, 0.3) is 0 Å². The fraction of sp³-hybridized carbons (Fsp3) is 0.333. The van der Waals surface area contributed by atoms with Crippen molar-refractivity contribution in [1.29, 1.82) is 0 Å². The standard InChI is InChI=1S/C12H13BrO3/c1-8(14)5-11-6-9(12(15)16-2)3-4-10(11)7-13/h3-4,6H,5,7H2,1-2H3. The number of ether oxygens (including phenoxy) is 1. The van der Waals surface area contributed by atoms with Crippen LogP contribution in [0, 0.1) is 0 Å². The smallest absolute Gasteiger partial charge is 0.337 e. The number of hydrogen-bond acceptors (Lipinski definition) is 3. The molecule has 0 aliphatic rings. The van der Waals surface area contributed by atoms with E-state index in [1.807, 2.05) is 6.07 Å². The summed E-state index contributed by atoms with van der Waals surface area (Å²) in [5.74, 6) is -0.310. The Bertz CT molecular complexity index is 413. The third-order valence-corrected chi connectivity index (χ3v) is 2.81. The molecular weight excluding hydrogens is 272 g/mol. The van der Waals surface area contributed by atoms with Crippen LogP contribution in [0.3, 0.4) is 0 Å². The third-order valence-electron chi connectivity index (χ3n) is 2.21. The van der Waals surface area contributed by atoms with Gasteiger partial charge in [-0.25, -0.2) is 4.79 Å². The first-order chi connectivity index (χ1) is 7.58. The highest BCUT2D eigenvalue weighted by atomic mass is 79.9. The van der Waals surface area contributed by atoms with E-state index in [4.69, 9.17) is 0 Å². The van der Waals surface area contributed by atoms with E-state index in [2.05, 4.69) is 20.7 Å². The molecule has 0 fully saturated rings. The van der Waals surface area contributed by atoms with Gasteiger partial charge in [-0.2, -0.15) is 0 Å². The third kappa shape index (κ3) is 3.17. The van der Waals surface area contributed by atoms with Gasteiger partial charge in [-0.05, 0) is 30.2 Å². The van der Waals surface area contributed by atoms with Crippen LogP contribution < -0.4 is 0 Å². The average molecular weight is 285 g/mol. The lowest BCUT2D eigenvalue weighted by Crippen LogP contribution is -2.05. The highest BCUT2D eigenvalue weighted by Crippen LogP contribution is 2.17. The minimum atomic E-state index is -0.383. The second-order valence-electron chi connectivity index (χ2n) is 3.49. The van der Waals surface area contributed by atoms with Crippen molar-refractivity contribution in [2.75, 3.05) is 7.11 Å². The van der Waals surface area contributed by atoms with Crippen LogP contribution in [0.5, 0.6) is 0 Å². The molecule has 0 amide bonds. The molecule has 0 aliphatic carbocycles. The van der Waals surface area contributed by atoms with E-state index in [0.717, 1.165) is 11.1 Å². The average Bonchev–Trinajstić information content (AvgIpc) is 2.27. The van der Waals surface area contributed by atoms with Crippen molar-refractivity contribution in [2.45, 2.75) is 18.7 Å². The quantitative estimate of drug-likeness (QED) is 0.630. The van der Waals surface area contributed by atoms with Crippen LogP contribution in [0.25, 0.3) is 0 Å². The fourth-order valence-electron chi connectivity index (χ4n) is 1.43. The Hall–Kier alpha value is -1.16. The molecule has 0 spiro atoms. The van der Waals surface area contributed by atoms with Crippen molar-refractivity contribution in [3.05, 3.63) is 34.9 Å². The molecule has 0 aromatic heterocycles. The normalized spacial score (nSPS) is 9.94. The minimum absolute atomic E-state index is 0.0733. The number of Topliss-reactive ketones (excluding diaryl/α,β-unsaturated/α-hetero) is 1. The number of esters is 1. The molecule has 0 radical (unpaired) electrons. The van der Waals surface area contributed by atoms with E-state index < -0.39 is 0 Å². The molecule has 3 nitrogen and oxygen atoms in total. The minimum Gasteiger partial charge on any atom is -0.465 e. The lowest BCUT2D eigenvalue weighted by molar-refractivity contribution is -0.116. The van der Waals surface area contributed by atoms with Crippen LogP contribution in [-0.2, 0) is 21.3 Å². The molecule has 0 aliphatic heterocycles. The van der Waals surface area contributed by atoms with Gasteiger partial charge in [0, 0.05) is 11.8 Å². The molecule has 1 aromatic carbocycles. The predicted molar refractivity (Wildman–Crippen MR) is 64.8 cm³/mol. The lowest BCUT2D eigenvalue weighted by Gasteiger charge is -2.07. The maximum absolute atomic E-state index is 11.3. The number of ketones is 1. The van der Waals surface area contributed by atoms with E-state index in [-0.39, 0.29) is 11.8 Å². The number of carbonyl (C=O) groups excluding carboxylic acids is 2. The number of carbonyl (C=O) groups is 2. The molecule has 0 saturated carbocycles. The molecule has 0 bridgehead atoms. The van der Waals surface area contributed by atoms with Crippen LogP contribution >= 0.6 is 15.9 Å². The van der Waals surface area contributed by atoms with Gasteiger partial charge in [0.2, 0.25) is 0 Å². The van der Waals surface area contributed by atoms with Gasteiger partial charge in [0.1, 0.15) is 5.78 Å². The number of benzene rings is 1. The first-order valence-electron chi connectivity index (χ1n) is 4.84. The van der Waals surface area contributed by atoms with Gasteiger partial charge in [-0.15, -0.1) is 0 Å². The van der Waals surface area contributed by atoms with Crippen molar-refractivity contribution in [2.24, 2.45) is 0 Å². The number of alkyl halides is 1. The number of hydrogen-bond donors (Lipinski definition) is 0. The Morgan fingerprint density at radius 2 is 2.00 bits per heavy atom. The maximum Gasteiger partial charge on any atom is 0.337 e. The fourth-order valence-corrected chi connectivity index (χ4v) is 1.98. The second kappa shape index (κ2) is 5.80. The molecule has 0 atom stereocenters. The highest BCUT2D eigenvalue weighted by molar-refractivity contribution is 9.08.